The van der Waals surface area contributed by atoms with Crippen LogP contribution in [0.2, 0.25) is 0 Å². The van der Waals surface area contributed by atoms with Crippen molar-refractivity contribution in [2.75, 3.05) is 44.6 Å². The molecule has 0 bridgehead atoms. The van der Waals surface area contributed by atoms with Crippen molar-refractivity contribution in [3.63, 3.8) is 0 Å². The number of nitrogens with zero attached hydrogens (tertiary/aromatic N) is 3. The largest absolute Gasteiger partial charge is 0.330 e. The average molecular weight is 520 g/mol. The highest BCUT2D eigenvalue weighted by Gasteiger charge is 2.26. The van der Waals surface area contributed by atoms with E-state index in [1.165, 1.54) is 9.87 Å². The van der Waals surface area contributed by atoms with Crippen LogP contribution in [0.15, 0.2) is 71.9 Å². The molecule has 0 unspecified atom stereocenters. The minimum atomic E-state index is -3.49. The Balaban J connectivity index is 1.32. The van der Waals surface area contributed by atoms with E-state index in [2.05, 4.69) is 46.8 Å². The maximum atomic E-state index is 12.9. The van der Waals surface area contributed by atoms with Crippen LogP contribution in [0.1, 0.15) is 17.5 Å². The summed E-state index contributed by atoms with van der Waals surface area (Å²) in [6, 6.07) is 15.4. The number of anilines is 1. The number of fused-ring (bicyclic) bond motifs is 1. The molecule has 0 radical (unpaired) electrons. The summed E-state index contributed by atoms with van der Waals surface area (Å²) in [6.07, 6.45) is 4.91. The third kappa shape index (κ3) is 5.53. The summed E-state index contributed by atoms with van der Waals surface area (Å²) < 4.78 is 29.4. The van der Waals surface area contributed by atoms with E-state index in [1.54, 1.807) is 12.1 Å². The molecule has 10 heteroatoms. The van der Waals surface area contributed by atoms with Gasteiger partial charge in [0.2, 0.25) is 16.0 Å². The molecule has 0 spiro atoms. The van der Waals surface area contributed by atoms with Gasteiger partial charge in [-0.2, -0.15) is 4.31 Å². The van der Waals surface area contributed by atoms with Gasteiger partial charge < -0.3 is 21.7 Å². The van der Waals surface area contributed by atoms with Crippen LogP contribution in [-0.4, -0.2) is 61.5 Å². The Morgan fingerprint density at radius 3 is 2.43 bits per heavy atom. The number of aromatic nitrogens is 2. The zero-order valence-corrected chi connectivity index (χ0v) is 21.6. The Morgan fingerprint density at radius 2 is 1.73 bits per heavy atom. The lowest BCUT2D eigenvalue weighted by Gasteiger charge is -2.26. The van der Waals surface area contributed by atoms with Gasteiger partial charge in [-0.05, 0) is 42.8 Å². The minimum Gasteiger partial charge on any atom is -0.330 e. The van der Waals surface area contributed by atoms with Crippen molar-refractivity contribution in [3.8, 4) is 11.3 Å². The average Bonchev–Trinajstić information content (AvgIpc) is 3.34. The molecule has 2 aliphatic rings. The third-order valence-electron chi connectivity index (χ3n) is 6.60. The summed E-state index contributed by atoms with van der Waals surface area (Å²) >= 11 is 0. The zero-order valence-electron chi connectivity index (χ0n) is 20.8. The lowest BCUT2D eigenvalue weighted by molar-refractivity contribution is 0.360. The van der Waals surface area contributed by atoms with E-state index in [4.69, 9.17) is 10.7 Å². The van der Waals surface area contributed by atoms with Gasteiger partial charge in [-0.3, -0.25) is 4.57 Å². The van der Waals surface area contributed by atoms with E-state index >= 15 is 0 Å². The van der Waals surface area contributed by atoms with E-state index in [-0.39, 0.29) is 0 Å². The van der Waals surface area contributed by atoms with E-state index in [0.29, 0.717) is 43.6 Å². The van der Waals surface area contributed by atoms with Gasteiger partial charge in [-0.25, -0.2) is 13.4 Å². The van der Waals surface area contributed by atoms with Crippen LogP contribution < -0.4 is 21.7 Å². The molecule has 0 amide bonds. The highest BCUT2D eigenvalue weighted by molar-refractivity contribution is 7.89. The Morgan fingerprint density at radius 1 is 1.03 bits per heavy atom. The van der Waals surface area contributed by atoms with Crippen LogP contribution in [0.4, 0.5) is 5.95 Å². The molecular formula is C27H33N7O2S. The Labute approximate surface area is 218 Å². The molecule has 2 aliphatic heterocycles. The van der Waals surface area contributed by atoms with Gasteiger partial charge in [0.1, 0.15) is 0 Å². The molecule has 37 heavy (non-hydrogen) atoms. The summed E-state index contributed by atoms with van der Waals surface area (Å²) in [6.45, 7) is 8.91. The van der Waals surface area contributed by atoms with E-state index in [9.17, 15) is 8.42 Å². The first-order valence-electron chi connectivity index (χ1n) is 12.5. The minimum absolute atomic E-state index is 0.300. The number of sulfonamides is 1. The standard InChI is InChI=1S/C27H33N7O2S/c1-20-25(22-5-3-21(4-6-22)17-30-12-2-11-28)18-33-19-26(32-27(33)31-20)23-7-9-24(10-8-23)37(35,36)34-15-13-29-14-16-34/h3-10,18-19,29-30H,1-2,11-17,28H2,(H,31,32). The van der Waals surface area contributed by atoms with Crippen molar-refractivity contribution in [2.24, 2.45) is 5.73 Å². The van der Waals surface area contributed by atoms with Crippen molar-refractivity contribution in [2.45, 2.75) is 17.9 Å². The van der Waals surface area contributed by atoms with Crippen molar-refractivity contribution in [1.82, 2.24) is 24.5 Å². The number of nitrogens with one attached hydrogen (secondary N) is 3. The molecule has 2 aromatic carbocycles. The number of benzene rings is 2. The van der Waals surface area contributed by atoms with Crippen molar-refractivity contribution < 1.29 is 8.42 Å². The van der Waals surface area contributed by atoms with Gasteiger partial charge in [0.25, 0.3) is 0 Å². The Hall–Kier alpha value is -3.28. The number of allylic oxidation sites excluding steroid dienone is 1. The maximum Gasteiger partial charge on any atom is 0.243 e. The second kappa shape index (κ2) is 11.0. The van der Waals surface area contributed by atoms with Gasteiger partial charge in [-0.1, -0.05) is 43.0 Å². The first kappa shape index (κ1) is 25.4. The Bertz CT molecular complexity index is 1390. The summed E-state index contributed by atoms with van der Waals surface area (Å²) in [7, 11) is -3.49. The quantitative estimate of drug-likeness (QED) is 0.321. The summed E-state index contributed by atoms with van der Waals surface area (Å²) in [5, 5.41) is 9.87. The third-order valence-corrected chi connectivity index (χ3v) is 8.52. The Kier molecular flexibility index (Phi) is 7.54. The first-order chi connectivity index (χ1) is 18.0. The molecule has 1 fully saturated rings. The lowest BCUT2D eigenvalue weighted by Crippen LogP contribution is -2.46. The summed E-state index contributed by atoms with van der Waals surface area (Å²) in [5.41, 5.74) is 11.2. The van der Waals surface area contributed by atoms with Crippen LogP contribution >= 0.6 is 0 Å². The molecule has 0 aliphatic carbocycles. The SMILES string of the molecule is C=C1Nc2nc(-c3ccc(S(=O)(=O)N4CCNCC4)cc3)cn2C=C1c1ccc(CNCCCN)cc1. The van der Waals surface area contributed by atoms with Crippen LogP contribution in [0.5, 0.6) is 0 Å². The van der Waals surface area contributed by atoms with Gasteiger partial charge in [0.05, 0.1) is 10.6 Å². The lowest BCUT2D eigenvalue weighted by atomic mass is 10.0. The number of imidazole rings is 1. The maximum absolute atomic E-state index is 12.9. The summed E-state index contributed by atoms with van der Waals surface area (Å²) in [4.78, 5) is 5.01. The predicted octanol–water partition coefficient (Wildman–Crippen LogP) is 2.52. The van der Waals surface area contributed by atoms with Crippen LogP contribution in [0.3, 0.4) is 0 Å². The van der Waals surface area contributed by atoms with Crippen LogP contribution in [0, 0.1) is 0 Å². The molecular weight excluding hydrogens is 486 g/mol. The normalized spacial score (nSPS) is 16.2. The zero-order chi connectivity index (χ0) is 25.8. The molecule has 1 saturated heterocycles. The second-order valence-electron chi connectivity index (χ2n) is 9.20. The van der Waals surface area contributed by atoms with Crippen molar-refractivity contribution >= 4 is 27.7 Å². The molecule has 5 rings (SSSR count). The molecule has 3 aromatic rings. The van der Waals surface area contributed by atoms with Crippen molar-refractivity contribution in [1.29, 1.82) is 0 Å². The highest BCUT2D eigenvalue weighted by atomic mass is 32.2. The van der Waals surface area contributed by atoms with Crippen LogP contribution in [0.25, 0.3) is 23.0 Å². The van der Waals surface area contributed by atoms with E-state index in [0.717, 1.165) is 47.6 Å². The molecule has 3 heterocycles. The predicted molar refractivity (Wildman–Crippen MR) is 148 cm³/mol. The smallest absolute Gasteiger partial charge is 0.243 e. The summed E-state index contributed by atoms with van der Waals surface area (Å²) in [5.74, 6) is 0.669. The molecule has 9 nitrogen and oxygen atoms in total. The first-order valence-corrected chi connectivity index (χ1v) is 14.0. The molecule has 1 aromatic heterocycles. The number of nitrogens with two attached hydrogens (primary N) is 1. The van der Waals surface area contributed by atoms with Gasteiger partial charge in [0, 0.05) is 62.0 Å². The molecule has 194 valence electrons. The van der Waals surface area contributed by atoms with Gasteiger partial charge in [-0.15, -0.1) is 0 Å². The fourth-order valence-electron chi connectivity index (χ4n) is 4.48. The number of hydrogen-bond donors (Lipinski definition) is 4. The monoisotopic (exact) mass is 519 g/mol. The molecule has 0 atom stereocenters. The number of hydrogen-bond acceptors (Lipinski definition) is 7. The fraction of sp³-hybridized carbons (Fsp3) is 0.296. The topological polar surface area (TPSA) is 117 Å². The molecule has 0 saturated carbocycles. The second-order valence-corrected chi connectivity index (χ2v) is 11.1. The van der Waals surface area contributed by atoms with Crippen molar-refractivity contribution in [3.05, 3.63) is 78.1 Å². The highest BCUT2D eigenvalue weighted by Crippen LogP contribution is 2.32. The number of piperazine rings is 1. The fourth-order valence-corrected chi connectivity index (χ4v) is 5.93. The van der Waals surface area contributed by atoms with Gasteiger partial charge in [0.15, 0.2) is 0 Å². The van der Waals surface area contributed by atoms with Gasteiger partial charge >= 0.3 is 0 Å². The number of rotatable bonds is 9. The van der Waals surface area contributed by atoms with E-state index < -0.39 is 10.0 Å². The van der Waals surface area contributed by atoms with E-state index in [1.807, 2.05) is 29.1 Å². The van der Waals surface area contributed by atoms with Crippen LogP contribution in [-0.2, 0) is 16.6 Å². The molecule has 5 N–H and O–H groups in total.